The molecule has 1 aliphatic heterocycles. The lowest BCUT2D eigenvalue weighted by Crippen LogP contribution is -2.27. The van der Waals surface area contributed by atoms with Crippen molar-refractivity contribution in [1.29, 1.82) is 0 Å². The standard InChI is InChI=1S/C12H17N3O2/c1-2-17-12(16)10-7-14-11(15-8-10)9-3-5-13-6-4-9/h7-9,13H,2-6H2,1H3. The maximum absolute atomic E-state index is 11.4. The van der Waals surface area contributed by atoms with Gasteiger partial charge in [0.2, 0.25) is 0 Å². The third-order valence-corrected chi connectivity index (χ3v) is 2.89. The Morgan fingerprint density at radius 3 is 2.65 bits per heavy atom. The number of carbonyl (C=O) groups excluding carboxylic acids is 1. The molecule has 1 N–H and O–H groups in total. The van der Waals surface area contributed by atoms with E-state index in [-0.39, 0.29) is 5.97 Å². The number of rotatable bonds is 3. The van der Waals surface area contributed by atoms with Crippen molar-refractivity contribution >= 4 is 5.97 Å². The first kappa shape index (κ1) is 12.0. The first-order valence-corrected chi connectivity index (χ1v) is 6.01. The van der Waals surface area contributed by atoms with Crippen LogP contribution in [0.1, 0.15) is 41.9 Å². The number of aromatic nitrogens is 2. The summed E-state index contributed by atoms with van der Waals surface area (Å²) in [6, 6.07) is 0. The fourth-order valence-corrected chi connectivity index (χ4v) is 1.95. The van der Waals surface area contributed by atoms with Crippen molar-refractivity contribution in [1.82, 2.24) is 15.3 Å². The Kier molecular flexibility index (Phi) is 4.03. The van der Waals surface area contributed by atoms with Gasteiger partial charge in [-0.15, -0.1) is 0 Å². The maximum Gasteiger partial charge on any atom is 0.341 e. The monoisotopic (exact) mass is 235 g/mol. The van der Waals surface area contributed by atoms with Crippen molar-refractivity contribution in [3.63, 3.8) is 0 Å². The normalized spacial score (nSPS) is 16.8. The van der Waals surface area contributed by atoms with Gasteiger partial charge in [0.05, 0.1) is 12.2 Å². The predicted molar refractivity (Wildman–Crippen MR) is 62.8 cm³/mol. The molecule has 1 fully saturated rings. The van der Waals surface area contributed by atoms with Gasteiger partial charge in [-0.05, 0) is 32.9 Å². The summed E-state index contributed by atoms with van der Waals surface area (Å²) < 4.78 is 4.88. The number of nitrogens with zero attached hydrogens (tertiary/aromatic N) is 2. The molecule has 0 radical (unpaired) electrons. The number of hydrogen-bond donors (Lipinski definition) is 1. The second-order valence-corrected chi connectivity index (χ2v) is 4.07. The van der Waals surface area contributed by atoms with Crippen molar-refractivity contribution in [2.45, 2.75) is 25.7 Å². The van der Waals surface area contributed by atoms with E-state index >= 15 is 0 Å². The summed E-state index contributed by atoms with van der Waals surface area (Å²) in [5.74, 6) is 0.886. The molecule has 1 saturated heterocycles. The third kappa shape index (κ3) is 3.00. The number of piperidine rings is 1. The van der Waals surface area contributed by atoms with Crippen LogP contribution in [0, 0.1) is 0 Å². The molecular weight excluding hydrogens is 218 g/mol. The van der Waals surface area contributed by atoms with Gasteiger partial charge in [-0.3, -0.25) is 0 Å². The van der Waals surface area contributed by atoms with E-state index in [4.69, 9.17) is 4.74 Å². The highest BCUT2D eigenvalue weighted by Crippen LogP contribution is 2.21. The van der Waals surface area contributed by atoms with Gasteiger partial charge in [0, 0.05) is 18.3 Å². The highest BCUT2D eigenvalue weighted by molar-refractivity contribution is 5.88. The Bertz CT molecular complexity index is 372. The lowest BCUT2D eigenvalue weighted by atomic mass is 9.97. The van der Waals surface area contributed by atoms with E-state index in [0.29, 0.717) is 18.1 Å². The molecule has 0 unspecified atom stereocenters. The summed E-state index contributed by atoms with van der Waals surface area (Å²) in [6.07, 6.45) is 5.22. The summed E-state index contributed by atoms with van der Waals surface area (Å²) in [7, 11) is 0. The molecule has 0 aromatic carbocycles. The molecule has 2 rings (SSSR count). The predicted octanol–water partition coefficient (Wildman–Crippen LogP) is 1.12. The number of nitrogens with one attached hydrogen (secondary N) is 1. The van der Waals surface area contributed by atoms with E-state index in [9.17, 15) is 4.79 Å². The largest absolute Gasteiger partial charge is 0.462 e. The number of esters is 1. The third-order valence-electron chi connectivity index (χ3n) is 2.89. The van der Waals surface area contributed by atoms with Crippen LogP contribution >= 0.6 is 0 Å². The molecule has 92 valence electrons. The highest BCUT2D eigenvalue weighted by Gasteiger charge is 2.18. The van der Waals surface area contributed by atoms with E-state index < -0.39 is 0 Å². The highest BCUT2D eigenvalue weighted by atomic mass is 16.5. The van der Waals surface area contributed by atoms with Crippen LogP contribution in [0.3, 0.4) is 0 Å². The fourth-order valence-electron chi connectivity index (χ4n) is 1.95. The molecule has 0 amide bonds. The molecule has 5 nitrogen and oxygen atoms in total. The quantitative estimate of drug-likeness (QED) is 0.795. The molecule has 17 heavy (non-hydrogen) atoms. The molecule has 1 aromatic heterocycles. The summed E-state index contributed by atoms with van der Waals surface area (Å²) in [5.41, 5.74) is 0.421. The Hall–Kier alpha value is -1.49. The SMILES string of the molecule is CCOC(=O)c1cnc(C2CCNCC2)nc1. The van der Waals surface area contributed by atoms with Gasteiger partial charge in [-0.25, -0.2) is 14.8 Å². The summed E-state index contributed by atoms with van der Waals surface area (Å²) in [5, 5.41) is 3.30. The number of carbonyl (C=O) groups is 1. The molecule has 0 aliphatic carbocycles. The number of ether oxygens (including phenoxy) is 1. The van der Waals surface area contributed by atoms with Gasteiger partial charge in [-0.2, -0.15) is 0 Å². The van der Waals surface area contributed by atoms with Crippen molar-refractivity contribution in [3.05, 3.63) is 23.8 Å². The summed E-state index contributed by atoms with van der Waals surface area (Å²) in [6.45, 7) is 4.17. The second-order valence-electron chi connectivity index (χ2n) is 4.07. The molecule has 1 aliphatic rings. The molecule has 0 saturated carbocycles. The van der Waals surface area contributed by atoms with Crippen LogP contribution in [-0.4, -0.2) is 35.6 Å². The zero-order valence-electron chi connectivity index (χ0n) is 9.98. The molecule has 0 bridgehead atoms. The fraction of sp³-hybridized carbons (Fsp3) is 0.583. The lowest BCUT2D eigenvalue weighted by molar-refractivity contribution is 0.0525. The molecule has 1 aromatic rings. The molecule has 5 heteroatoms. The Balaban J connectivity index is 2.04. The Labute approximate surface area is 101 Å². The van der Waals surface area contributed by atoms with Gasteiger partial charge in [-0.1, -0.05) is 0 Å². The molecule has 0 atom stereocenters. The Morgan fingerprint density at radius 2 is 2.06 bits per heavy atom. The Morgan fingerprint density at radius 1 is 1.41 bits per heavy atom. The van der Waals surface area contributed by atoms with Crippen LogP contribution in [0.25, 0.3) is 0 Å². The topological polar surface area (TPSA) is 64.1 Å². The van der Waals surface area contributed by atoms with Crippen LogP contribution in [0.5, 0.6) is 0 Å². The van der Waals surface area contributed by atoms with Crippen LogP contribution < -0.4 is 5.32 Å². The zero-order chi connectivity index (χ0) is 12.1. The van der Waals surface area contributed by atoms with E-state index in [0.717, 1.165) is 31.8 Å². The van der Waals surface area contributed by atoms with Crippen LogP contribution in [0.2, 0.25) is 0 Å². The van der Waals surface area contributed by atoms with Gasteiger partial charge < -0.3 is 10.1 Å². The first-order valence-electron chi connectivity index (χ1n) is 6.01. The minimum atomic E-state index is -0.357. The molecule has 0 spiro atoms. The van der Waals surface area contributed by atoms with Gasteiger partial charge in [0.1, 0.15) is 5.82 Å². The average molecular weight is 235 g/mol. The number of hydrogen-bond acceptors (Lipinski definition) is 5. The second kappa shape index (κ2) is 5.72. The molecule has 2 heterocycles. The summed E-state index contributed by atoms with van der Waals surface area (Å²) >= 11 is 0. The van der Waals surface area contributed by atoms with E-state index in [2.05, 4.69) is 15.3 Å². The first-order chi connectivity index (χ1) is 8.31. The average Bonchev–Trinajstić information content (AvgIpc) is 2.40. The van der Waals surface area contributed by atoms with Gasteiger partial charge >= 0.3 is 5.97 Å². The van der Waals surface area contributed by atoms with Gasteiger partial charge in [0.15, 0.2) is 0 Å². The van der Waals surface area contributed by atoms with Crippen molar-refractivity contribution in [3.8, 4) is 0 Å². The van der Waals surface area contributed by atoms with E-state index in [1.54, 1.807) is 19.3 Å². The van der Waals surface area contributed by atoms with Crippen molar-refractivity contribution < 1.29 is 9.53 Å². The zero-order valence-corrected chi connectivity index (χ0v) is 9.98. The smallest absolute Gasteiger partial charge is 0.341 e. The van der Waals surface area contributed by atoms with E-state index in [1.165, 1.54) is 0 Å². The summed E-state index contributed by atoms with van der Waals surface area (Å²) in [4.78, 5) is 20.0. The van der Waals surface area contributed by atoms with E-state index in [1.807, 2.05) is 0 Å². The van der Waals surface area contributed by atoms with Crippen LogP contribution in [0.4, 0.5) is 0 Å². The van der Waals surface area contributed by atoms with Crippen molar-refractivity contribution in [2.75, 3.05) is 19.7 Å². The van der Waals surface area contributed by atoms with Gasteiger partial charge in [0.25, 0.3) is 0 Å². The van der Waals surface area contributed by atoms with Crippen molar-refractivity contribution in [2.24, 2.45) is 0 Å². The minimum absolute atomic E-state index is 0.357. The van der Waals surface area contributed by atoms with Crippen LogP contribution in [-0.2, 0) is 4.74 Å². The minimum Gasteiger partial charge on any atom is -0.462 e. The maximum atomic E-state index is 11.4. The lowest BCUT2D eigenvalue weighted by Gasteiger charge is -2.21. The van der Waals surface area contributed by atoms with Crippen LogP contribution in [0.15, 0.2) is 12.4 Å². The molecular formula is C12H17N3O2.